The van der Waals surface area contributed by atoms with Crippen molar-refractivity contribution in [3.05, 3.63) is 21.4 Å². The number of hydrogen-bond donors (Lipinski definition) is 1. The van der Waals surface area contributed by atoms with Crippen LogP contribution in [0.15, 0.2) is 6.07 Å². The molecule has 0 atom stereocenters. The number of thiophene rings is 1. The van der Waals surface area contributed by atoms with E-state index in [0.717, 1.165) is 43.4 Å². The number of nitrogens with one attached hydrogen (secondary N) is 1. The summed E-state index contributed by atoms with van der Waals surface area (Å²) < 4.78 is 0. The Morgan fingerprint density at radius 1 is 1.26 bits per heavy atom. The van der Waals surface area contributed by atoms with Gasteiger partial charge in [-0.2, -0.15) is 5.26 Å². The van der Waals surface area contributed by atoms with E-state index in [0.29, 0.717) is 0 Å². The average molecular weight is 274 g/mol. The first kappa shape index (κ1) is 12.7. The second-order valence-electron chi connectivity index (χ2n) is 5.62. The fourth-order valence-electron chi connectivity index (χ4n) is 3.12. The molecule has 100 valence electrons. The summed E-state index contributed by atoms with van der Waals surface area (Å²) in [7, 11) is 0. The normalized spacial score (nSPS) is 20.6. The molecule has 4 heteroatoms. The summed E-state index contributed by atoms with van der Waals surface area (Å²) in [4.78, 5) is 14.5. The van der Waals surface area contributed by atoms with Gasteiger partial charge in [-0.15, -0.1) is 11.3 Å². The van der Waals surface area contributed by atoms with Gasteiger partial charge in [0.25, 0.3) is 5.91 Å². The van der Waals surface area contributed by atoms with Gasteiger partial charge in [0.1, 0.15) is 5.54 Å². The quantitative estimate of drug-likeness (QED) is 0.900. The van der Waals surface area contributed by atoms with Crippen molar-refractivity contribution in [3.8, 4) is 6.07 Å². The number of rotatable bonds is 2. The van der Waals surface area contributed by atoms with Crippen LogP contribution in [0.2, 0.25) is 0 Å². The molecule has 1 amide bonds. The Kier molecular flexibility index (Phi) is 3.32. The number of amides is 1. The molecule has 0 aliphatic heterocycles. The molecule has 1 aromatic heterocycles. The van der Waals surface area contributed by atoms with Gasteiger partial charge >= 0.3 is 0 Å². The molecule has 0 bridgehead atoms. The fourth-order valence-corrected chi connectivity index (χ4v) is 4.27. The van der Waals surface area contributed by atoms with E-state index in [-0.39, 0.29) is 5.91 Å². The smallest absolute Gasteiger partial charge is 0.262 e. The molecule has 2 aliphatic rings. The predicted molar refractivity (Wildman–Crippen MR) is 75.2 cm³/mol. The molecule has 1 saturated carbocycles. The van der Waals surface area contributed by atoms with E-state index in [1.807, 2.05) is 6.07 Å². The molecular weight excluding hydrogens is 256 g/mol. The van der Waals surface area contributed by atoms with Crippen LogP contribution < -0.4 is 5.32 Å². The number of nitriles is 1. The topological polar surface area (TPSA) is 52.9 Å². The Hall–Kier alpha value is -1.34. The van der Waals surface area contributed by atoms with E-state index in [2.05, 4.69) is 11.4 Å². The van der Waals surface area contributed by atoms with Gasteiger partial charge in [0.15, 0.2) is 0 Å². The van der Waals surface area contributed by atoms with Crippen LogP contribution in [0.25, 0.3) is 0 Å². The summed E-state index contributed by atoms with van der Waals surface area (Å²) in [5.74, 6) is -0.0529. The maximum absolute atomic E-state index is 12.3. The summed E-state index contributed by atoms with van der Waals surface area (Å²) in [5, 5.41) is 12.3. The van der Waals surface area contributed by atoms with Crippen molar-refractivity contribution < 1.29 is 4.79 Å². The highest BCUT2D eigenvalue weighted by atomic mass is 32.1. The summed E-state index contributed by atoms with van der Waals surface area (Å²) in [6, 6.07) is 4.35. The van der Waals surface area contributed by atoms with Crippen LogP contribution in [0.4, 0.5) is 0 Å². The van der Waals surface area contributed by atoms with Gasteiger partial charge in [-0.25, -0.2) is 0 Å². The Labute approximate surface area is 117 Å². The van der Waals surface area contributed by atoms with E-state index in [9.17, 15) is 10.1 Å². The number of fused-ring (bicyclic) bond motifs is 1. The highest BCUT2D eigenvalue weighted by molar-refractivity contribution is 7.14. The third-order valence-electron chi connectivity index (χ3n) is 4.24. The number of aryl methyl sites for hydroxylation is 2. The lowest BCUT2D eigenvalue weighted by atomic mass is 9.98. The van der Waals surface area contributed by atoms with Crippen LogP contribution in [0.5, 0.6) is 0 Å². The molecule has 3 rings (SSSR count). The summed E-state index contributed by atoms with van der Waals surface area (Å²) in [6.45, 7) is 0. The van der Waals surface area contributed by atoms with Gasteiger partial charge < -0.3 is 5.32 Å². The standard InChI is InChI=1S/C15H18N2OS/c16-10-15(7-3-4-8-15)17-14(18)13-9-11-5-1-2-6-12(11)19-13/h9H,1-8H2,(H,17,18). The van der Waals surface area contributed by atoms with E-state index >= 15 is 0 Å². The Morgan fingerprint density at radius 3 is 2.68 bits per heavy atom. The van der Waals surface area contributed by atoms with Gasteiger partial charge in [-0.3, -0.25) is 4.79 Å². The van der Waals surface area contributed by atoms with Gasteiger partial charge in [0.2, 0.25) is 0 Å². The molecular formula is C15H18N2OS. The Bertz CT molecular complexity index is 511. The van der Waals surface area contributed by atoms with Crippen molar-refractivity contribution in [2.75, 3.05) is 0 Å². The number of carbonyl (C=O) groups excluding carboxylic acids is 1. The first-order valence-electron chi connectivity index (χ1n) is 7.08. The molecule has 0 saturated heterocycles. The predicted octanol–water partition coefficient (Wildman–Crippen LogP) is 3.19. The summed E-state index contributed by atoms with van der Waals surface area (Å²) >= 11 is 1.61. The largest absolute Gasteiger partial charge is 0.333 e. The monoisotopic (exact) mass is 274 g/mol. The lowest BCUT2D eigenvalue weighted by molar-refractivity contribution is 0.0925. The molecule has 2 aliphatic carbocycles. The maximum Gasteiger partial charge on any atom is 0.262 e. The van der Waals surface area contributed by atoms with Crippen LogP contribution in [-0.4, -0.2) is 11.4 Å². The molecule has 1 N–H and O–H groups in total. The fraction of sp³-hybridized carbons (Fsp3) is 0.600. The van der Waals surface area contributed by atoms with Crippen LogP contribution in [0.1, 0.15) is 58.6 Å². The molecule has 1 fully saturated rings. The van der Waals surface area contributed by atoms with Crippen molar-refractivity contribution >= 4 is 17.2 Å². The van der Waals surface area contributed by atoms with Crippen molar-refractivity contribution in [1.29, 1.82) is 5.26 Å². The lowest BCUT2D eigenvalue weighted by Gasteiger charge is -2.21. The van der Waals surface area contributed by atoms with Gasteiger partial charge in [0, 0.05) is 4.88 Å². The van der Waals surface area contributed by atoms with Gasteiger partial charge in [-0.05, 0) is 63.0 Å². The first-order chi connectivity index (χ1) is 9.22. The van der Waals surface area contributed by atoms with E-state index in [4.69, 9.17) is 0 Å². The second-order valence-corrected chi connectivity index (χ2v) is 6.76. The van der Waals surface area contributed by atoms with E-state index in [1.54, 1.807) is 11.3 Å². The minimum Gasteiger partial charge on any atom is -0.333 e. The average Bonchev–Trinajstić information content (AvgIpc) is 3.05. The molecule has 0 spiro atoms. The molecule has 0 radical (unpaired) electrons. The van der Waals surface area contributed by atoms with Crippen LogP contribution >= 0.6 is 11.3 Å². The molecule has 0 unspecified atom stereocenters. The Morgan fingerprint density at radius 2 is 2.00 bits per heavy atom. The molecule has 1 heterocycles. The van der Waals surface area contributed by atoms with Crippen molar-refractivity contribution in [1.82, 2.24) is 5.32 Å². The number of carbonyl (C=O) groups is 1. The minimum atomic E-state index is -0.610. The second kappa shape index (κ2) is 4.97. The van der Waals surface area contributed by atoms with Crippen LogP contribution in [-0.2, 0) is 12.8 Å². The summed E-state index contributed by atoms with van der Waals surface area (Å²) in [6.07, 6.45) is 8.33. The number of hydrogen-bond acceptors (Lipinski definition) is 3. The van der Waals surface area contributed by atoms with Crippen LogP contribution in [0.3, 0.4) is 0 Å². The third-order valence-corrected chi connectivity index (χ3v) is 5.48. The Balaban J connectivity index is 1.77. The van der Waals surface area contributed by atoms with Gasteiger partial charge in [0.05, 0.1) is 10.9 Å². The highest BCUT2D eigenvalue weighted by Crippen LogP contribution is 2.32. The zero-order valence-corrected chi connectivity index (χ0v) is 11.8. The van der Waals surface area contributed by atoms with Crippen LogP contribution in [0, 0.1) is 11.3 Å². The maximum atomic E-state index is 12.3. The molecule has 1 aromatic rings. The molecule has 3 nitrogen and oxygen atoms in total. The third kappa shape index (κ3) is 2.40. The summed E-state index contributed by atoms with van der Waals surface area (Å²) in [5.41, 5.74) is 0.737. The van der Waals surface area contributed by atoms with E-state index in [1.165, 1.54) is 23.3 Å². The number of nitrogens with zero attached hydrogens (tertiary/aromatic N) is 1. The lowest BCUT2D eigenvalue weighted by Crippen LogP contribution is -2.44. The highest BCUT2D eigenvalue weighted by Gasteiger charge is 2.36. The molecule has 19 heavy (non-hydrogen) atoms. The zero-order valence-electron chi connectivity index (χ0n) is 11.0. The first-order valence-corrected chi connectivity index (χ1v) is 7.89. The zero-order chi connectivity index (χ0) is 13.3. The SMILES string of the molecule is N#CC1(NC(=O)c2cc3c(s2)CCCC3)CCCC1. The van der Waals surface area contributed by atoms with Crippen molar-refractivity contribution in [2.24, 2.45) is 0 Å². The minimum absolute atomic E-state index is 0.0529. The van der Waals surface area contributed by atoms with Crippen molar-refractivity contribution in [2.45, 2.75) is 56.9 Å². The van der Waals surface area contributed by atoms with E-state index < -0.39 is 5.54 Å². The molecule has 0 aromatic carbocycles. The van der Waals surface area contributed by atoms with Gasteiger partial charge in [-0.1, -0.05) is 0 Å². The van der Waals surface area contributed by atoms with Crippen molar-refractivity contribution in [3.63, 3.8) is 0 Å².